The third-order valence-electron chi connectivity index (χ3n) is 6.22. The van der Waals surface area contributed by atoms with Gasteiger partial charge in [-0.15, -0.1) is 0 Å². The summed E-state index contributed by atoms with van der Waals surface area (Å²) in [6.07, 6.45) is 5.41. The minimum atomic E-state index is 0. The summed E-state index contributed by atoms with van der Waals surface area (Å²) in [7, 11) is 0. The first-order valence-electron chi connectivity index (χ1n) is 12.4. The number of pyridine rings is 3. The van der Waals surface area contributed by atoms with E-state index in [0.717, 1.165) is 50.1 Å². The summed E-state index contributed by atoms with van der Waals surface area (Å²) >= 11 is 0. The first-order valence-corrected chi connectivity index (χ1v) is 12.4. The Bertz CT molecular complexity index is 1720. The van der Waals surface area contributed by atoms with Crippen molar-refractivity contribution in [2.75, 3.05) is 0 Å². The molecule has 0 aliphatic carbocycles. The molecule has 4 heterocycles. The Morgan fingerprint density at radius 1 is 0.450 bits per heavy atom. The summed E-state index contributed by atoms with van der Waals surface area (Å²) < 4.78 is 0. The van der Waals surface area contributed by atoms with Crippen LogP contribution in [0, 0.1) is 0 Å². The molecule has 3 aromatic carbocycles. The van der Waals surface area contributed by atoms with Gasteiger partial charge in [0.1, 0.15) is 0 Å². The zero-order valence-corrected chi connectivity index (χ0v) is 22.1. The number of aromatic nitrogens is 7. The molecule has 0 saturated carbocycles. The smallest absolute Gasteiger partial charge is 0.330 e. The Labute approximate surface area is 241 Å². The van der Waals surface area contributed by atoms with Crippen LogP contribution in [0.2, 0.25) is 0 Å². The second kappa shape index (κ2) is 12.7. The van der Waals surface area contributed by atoms with Gasteiger partial charge in [0.25, 0.3) is 0 Å². The SMILES string of the molecule is [Cu+].c1ccc(-c2ccccc2-c2ccccc2-c2ccccn2)nc1.c1cnc2c(-c3nnn[n-]3)cccc2c1. The largest absolute Gasteiger partial charge is 1.00 e. The average molecular weight is 568 g/mol. The van der Waals surface area contributed by atoms with Crippen LogP contribution in [0.25, 0.3) is 55.9 Å². The van der Waals surface area contributed by atoms with Crippen molar-refractivity contribution < 1.29 is 17.1 Å². The zero-order valence-electron chi connectivity index (χ0n) is 21.1. The Kier molecular flexibility index (Phi) is 8.41. The van der Waals surface area contributed by atoms with Crippen molar-refractivity contribution in [3.05, 3.63) is 134 Å². The molecular weight excluding hydrogens is 546 g/mol. The molecule has 0 saturated heterocycles. The quantitative estimate of drug-likeness (QED) is 0.224. The van der Waals surface area contributed by atoms with Crippen LogP contribution in [0.5, 0.6) is 0 Å². The number of benzene rings is 3. The van der Waals surface area contributed by atoms with Crippen LogP contribution in [0.15, 0.2) is 134 Å². The first kappa shape index (κ1) is 26.6. The van der Waals surface area contributed by atoms with E-state index in [1.165, 1.54) is 0 Å². The molecule has 0 amide bonds. The van der Waals surface area contributed by atoms with E-state index < -0.39 is 0 Å². The summed E-state index contributed by atoms with van der Waals surface area (Å²) in [5, 5.41) is 15.6. The molecule has 0 unspecified atom stereocenters. The predicted octanol–water partition coefficient (Wildman–Crippen LogP) is 6.52. The fourth-order valence-electron chi connectivity index (χ4n) is 4.46. The van der Waals surface area contributed by atoms with Gasteiger partial charge in [0, 0.05) is 46.5 Å². The molecule has 0 aliphatic heterocycles. The fraction of sp³-hybridized carbons (Fsp3) is 0. The van der Waals surface area contributed by atoms with Gasteiger partial charge in [-0.1, -0.05) is 84.9 Å². The van der Waals surface area contributed by atoms with Gasteiger partial charge in [-0.05, 0) is 41.5 Å². The number of nitrogens with zero attached hydrogens (tertiary/aromatic N) is 7. The zero-order chi connectivity index (χ0) is 26.3. The van der Waals surface area contributed by atoms with Crippen molar-refractivity contribution in [3.8, 4) is 45.0 Å². The van der Waals surface area contributed by atoms with Crippen LogP contribution in [0.4, 0.5) is 0 Å². The van der Waals surface area contributed by atoms with E-state index >= 15 is 0 Å². The van der Waals surface area contributed by atoms with Gasteiger partial charge < -0.3 is 5.10 Å². The predicted molar refractivity (Wildman–Crippen MR) is 152 cm³/mol. The molecule has 0 bridgehead atoms. The maximum atomic E-state index is 4.52. The van der Waals surface area contributed by atoms with E-state index in [2.05, 4.69) is 84.1 Å². The van der Waals surface area contributed by atoms with Crippen molar-refractivity contribution in [1.82, 2.24) is 35.6 Å². The first-order chi connectivity index (χ1) is 19.4. The number of para-hydroxylation sites is 1. The van der Waals surface area contributed by atoms with Gasteiger partial charge in [0.2, 0.25) is 0 Å². The van der Waals surface area contributed by atoms with Crippen LogP contribution < -0.4 is 5.10 Å². The molecule has 7 rings (SSSR count). The van der Waals surface area contributed by atoms with E-state index in [9.17, 15) is 0 Å². The monoisotopic (exact) mass is 567 g/mol. The molecule has 196 valence electrons. The molecule has 0 fully saturated rings. The van der Waals surface area contributed by atoms with E-state index in [-0.39, 0.29) is 17.1 Å². The standard InChI is InChI=1S/C22H16N2.C10H6N5.Cu/c1-3-11-19(21-13-5-7-15-23-21)17(9-1)18-10-2-4-12-20(18)22-14-6-8-16-24-22;1-3-7-4-2-6-11-9(7)8(5-1)10-12-14-15-13-10;/h1-16H;1-6H;/q;-1;+1. The van der Waals surface area contributed by atoms with Gasteiger partial charge in [-0.25, -0.2) is 0 Å². The van der Waals surface area contributed by atoms with E-state index in [0.29, 0.717) is 5.82 Å². The van der Waals surface area contributed by atoms with E-state index in [1.807, 2.05) is 79.1 Å². The van der Waals surface area contributed by atoms with Gasteiger partial charge in [0.05, 0.1) is 16.9 Å². The Balaban J connectivity index is 0.000000174. The topological polar surface area (TPSA) is 91.4 Å². The van der Waals surface area contributed by atoms with Crippen LogP contribution in [-0.4, -0.2) is 30.5 Å². The Hall–Kier alpha value is -5.04. The van der Waals surface area contributed by atoms with Crippen LogP contribution in [0.1, 0.15) is 0 Å². The molecule has 7 aromatic rings. The van der Waals surface area contributed by atoms with Crippen molar-refractivity contribution >= 4 is 10.9 Å². The molecule has 4 aromatic heterocycles. The van der Waals surface area contributed by atoms with Crippen LogP contribution >= 0.6 is 0 Å². The van der Waals surface area contributed by atoms with Gasteiger partial charge in [-0.2, -0.15) is 5.21 Å². The second-order valence-corrected chi connectivity index (χ2v) is 8.60. The van der Waals surface area contributed by atoms with Crippen LogP contribution in [-0.2, 0) is 17.1 Å². The van der Waals surface area contributed by atoms with E-state index in [1.54, 1.807) is 6.20 Å². The van der Waals surface area contributed by atoms with Gasteiger partial charge in [-0.3, -0.25) is 25.3 Å². The van der Waals surface area contributed by atoms with Gasteiger partial charge >= 0.3 is 17.1 Å². The Morgan fingerprint density at radius 3 is 1.52 bits per heavy atom. The summed E-state index contributed by atoms with van der Waals surface area (Å²) in [6, 6.07) is 38.5. The number of rotatable bonds is 4. The maximum Gasteiger partial charge on any atom is 1.00 e. The van der Waals surface area contributed by atoms with Crippen molar-refractivity contribution in [1.29, 1.82) is 0 Å². The summed E-state index contributed by atoms with van der Waals surface area (Å²) in [5.41, 5.74) is 8.26. The minimum absolute atomic E-state index is 0. The van der Waals surface area contributed by atoms with Crippen molar-refractivity contribution in [2.24, 2.45) is 0 Å². The normalized spacial score (nSPS) is 10.3. The molecule has 40 heavy (non-hydrogen) atoms. The molecule has 0 aliphatic rings. The number of fused-ring (bicyclic) bond motifs is 1. The van der Waals surface area contributed by atoms with E-state index in [4.69, 9.17) is 0 Å². The van der Waals surface area contributed by atoms with Crippen molar-refractivity contribution in [3.63, 3.8) is 0 Å². The number of hydrogen-bond acceptors (Lipinski definition) is 6. The third-order valence-corrected chi connectivity index (χ3v) is 6.22. The fourth-order valence-corrected chi connectivity index (χ4v) is 4.46. The summed E-state index contributed by atoms with van der Waals surface area (Å²) in [6.45, 7) is 0. The maximum absolute atomic E-state index is 4.52. The van der Waals surface area contributed by atoms with Crippen LogP contribution in [0.3, 0.4) is 0 Å². The molecule has 0 spiro atoms. The number of hydrogen-bond donors (Lipinski definition) is 0. The third kappa shape index (κ3) is 5.68. The minimum Gasteiger partial charge on any atom is -0.330 e. The molecule has 0 N–H and O–H groups in total. The summed E-state index contributed by atoms with van der Waals surface area (Å²) in [5.74, 6) is 0.513. The average Bonchev–Trinajstić information content (AvgIpc) is 3.57. The molecular formula is C32H22CuN7. The molecule has 7 nitrogen and oxygen atoms in total. The number of tetrazole rings is 1. The summed E-state index contributed by atoms with van der Waals surface area (Å²) in [4.78, 5) is 13.3. The molecule has 0 radical (unpaired) electrons. The molecule has 0 atom stereocenters. The van der Waals surface area contributed by atoms with Crippen molar-refractivity contribution in [2.45, 2.75) is 0 Å². The Morgan fingerprint density at radius 2 is 0.975 bits per heavy atom. The second-order valence-electron chi connectivity index (χ2n) is 8.60. The van der Waals surface area contributed by atoms with Gasteiger partial charge in [0.15, 0.2) is 0 Å². The molecule has 8 heteroatoms.